The second kappa shape index (κ2) is 8.93. The van der Waals surface area contributed by atoms with Gasteiger partial charge < -0.3 is 9.30 Å². The highest BCUT2D eigenvalue weighted by atomic mass is 28.3. The molecule has 0 fully saturated rings. The van der Waals surface area contributed by atoms with Gasteiger partial charge in [-0.25, -0.2) is 4.39 Å². The van der Waals surface area contributed by atoms with Gasteiger partial charge in [-0.05, 0) is 29.3 Å². The van der Waals surface area contributed by atoms with Gasteiger partial charge in [0, 0.05) is 6.20 Å². The van der Waals surface area contributed by atoms with Crippen molar-refractivity contribution in [1.29, 1.82) is 0 Å². The molecule has 0 saturated carbocycles. The van der Waals surface area contributed by atoms with E-state index < -0.39 is 8.07 Å². The third-order valence-corrected chi connectivity index (χ3v) is 5.04. The van der Waals surface area contributed by atoms with Crippen LogP contribution in [-0.2, 0) is 13.2 Å². The minimum absolute atomic E-state index is 0.231. The Morgan fingerprint density at radius 3 is 2.41 bits per heavy atom. The molecule has 3 nitrogen and oxygen atoms in total. The summed E-state index contributed by atoms with van der Waals surface area (Å²) in [5, 5.41) is 0. The Balaban J connectivity index is 1.96. The standard InChI is InChI=1S/C24H24FNO2Si/c1-29(2,3)15-13-22-23(28-18-19-8-5-4-6-9-19)12-14-26(24(22)27)17-20-10-7-11-21(25)16-20/h4-12,14,16H,17-18H2,1-3H3. The lowest BCUT2D eigenvalue weighted by Gasteiger charge is -2.12. The highest BCUT2D eigenvalue weighted by Gasteiger charge is 2.13. The Bertz CT molecular complexity index is 1110. The Hall–Kier alpha value is -3.10. The van der Waals surface area contributed by atoms with Gasteiger partial charge in [-0.1, -0.05) is 68.0 Å². The molecule has 0 N–H and O–H groups in total. The average molecular weight is 406 g/mol. The number of pyridine rings is 1. The molecule has 29 heavy (non-hydrogen) atoms. The summed E-state index contributed by atoms with van der Waals surface area (Å²) in [6.45, 7) is 7.00. The van der Waals surface area contributed by atoms with Crippen LogP contribution in [0.1, 0.15) is 16.7 Å². The van der Waals surface area contributed by atoms with Crippen LogP contribution < -0.4 is 10.3 Å². The van der Waals surface area contributed by atoms with E-state index in [1.54, 1.807) is 29.0 Å². The van der Waals surface area contributed by atoms with E-state index in [2.05, 4.69) is 31.1 Å². The van der Waals surface area contributed by atoms with Crippen LogP contribution in [0.4, 0.5) is 4.39 Å². The highest BCUT2D eigenvalue weighted by molar-refractivity contribution is 6.83. The molecule has 0 radical (unpaired) electrons. The van der Waals surface area contributed by atoms with Crippen molar-refractivity contribution in [2.75, 3.05) is 0 Å². The van der Waals surface area contributed by atoms with E-state index >= 15 is 0 Å². The summed E-state index contributed by atoms with van der Waals surface area (Å²) in [5.41, 5.74) is 5.10. The van der Waals surface area contributed by atoms with Crippen LogP contribution in [0.3, 0.4) is 0 Å². The molecule has 0 aliphatic heterocycles. The van der Waals surface area contributed by atoms with E-state index in [1.807, 2.05) is 30.3 Å². The Labute approximate surface area is 171 Å². The van der Waals surface area contributed by atoms with Crippen LogP contribution in [0.5, 0.6) is 5.75 Å². The van der Waals surface area contributed by atoms with Gasteiger partial charge in [-0.2, -0.15) is 0 Å². The molecule has 0 atom stereocenters. The van der Waals surface area contributed by atoms with E-state index in [1.165, 1.54) is 12.1 Å². The molecule has 0 aliphatic rings. The molecule has 0 unspecified atom stereocenters. The first kappa shape index (κ1) is 20.6. The van der Waals surface area contributed by atoms with Crippen LogP contribution in [0.15, 0.2) is 71.7 Å². The van der Waals surface area contributed by atoms with Crippen molar-refractivity contribution in [2.45, 2.75) is 32.8 Å². The Morgan fingerprint density at radius 1 is 1.00 bits per heavy atom. The number of nitrogens with zero attached hydrogens (tertiary/aromatic N) is 1. The maximum absolute atomic E-state index is 13.5. The third-order valence-electron chi connectivity index (χ3n) is 4.17. The van der Waals surface area contributed by atoms with Crippen LogP contribution in [0, 0.1) is 17.3 Å². The van der Waals surface area contributed by atoms with Crippen molar-refractivity contribution < 1.29 is 9.13 Å². The average Bonchev–Trinajstić information content (AvgIpc) is 2.67. The molecule has 1 heterocycles. The number of ether oxygens (including phenoxy) is 1. The van der Waals surface area contributed by atoms with E-state index in [9.17, 15) is 9.18 Å². The minimum atomic E-state index is -1.69. The summed E-state index contributed by atoms with van der Waals surface area (Å²) in [6.07, 6.45) is 1.67. The minimum Gasteiger partial charge on any atom is -0.487 e. The van der Waals surface area contributed by atoms with Crippen LogP contribution in [-0.4, -0.2) is 12.6 Å². The molecule has 2 aromatic carbocycles. The van der Waals surface area contributed by atoms with Gasteiger partial charge in [0.05, 0.1) is 6.54 Å². The predicted octanol–water partition coefficient (Wildman–Crippen LogP) is 4.84. The number of hydrogen-bond donors (Lipinski definition) is 0. The van der Waals surface area contributed by atoms with Crippen LogP contribution >= 0.6 is 0 Å². The maximum Gasteiger partial charge on any atom is 0.270 e. The van der Waals surface area contributed by atoms with Gasteiger partial charge in [0.25, 0.3) is 5.56 Å². The largest absolute Gasteiger partial charge is 0.487 e. The zero-order chi connectivity index (χ0) is 20.9. The zero-order valence-electron chi connectivity index (χ0n) is 16.9. The second-order valence-electron chi connectivity index (χ2n) is 7.89. The van der Waals surface area contributed by atoms with Crippen LogP contribution in [0.2, 0.25) is 19.6 Å². The first-order valence-electron chi connectivity index (χ1n) is 9.50. The van der Waals surface area contributed by atoms with Crippen molar-refractivity contribution in [3.05, 3.63) is 99.7 Å². The molecule has 0 amide bonds. The lowest BCUT2D eigenvalue weighted by molar-refractivity contribution is 0.304. The van der Waals surface area contributed by atoms with Gasteiger partial charge in [0.2, 0.25) is 0 Å². The van der Waals surface area contributed by atoms with Gasteiger partial charge in [0.1, 0.15) is 31.8 Å². The van der Waals surface area contributed by atoms with Gasteiger partial charge in [0.15, 0.2) is 0 Å². The van der Waals surface area contributed by atoms with Crippen molar-refractivity contribution in [3.8, 4) is 17.2 Å². The monoisotopic (exact) mass is 405 g/mol. The van der Waals surface area contributed by atoms with Crippen molar-refractivity contribution in [1.82, 2.24) is 4.57 Å². The molecule has 1 aromatic heterocycles. The number of aromatic nitrogens is 1. The topological polar surface area (TPSA) is 31.2 Å². The van der Waals surface area contributed by atoms with Crippen LogP contribution in [0.25, 0.3) is 0 Å². The van der Waals surface area contributed by atoms with E-state index in [-0.39, 0.29) is 17.9 Å². The molecule has 5 heteroatoms. The normalized spacial score (nSPS) is 10.9. The highest BCUT2D eigenvalue weighted by Crippen LogP contribution is 2.17. The number of benzene rings is 2. The molecule has 0 saturated heterocycles. The molecule has 3 rings (SSSR count). The number of rotatable bonds is 5. The van der Waals surface area contributed by atoms with E-state index in [0.717, 1.165) is 5.56 Å². The fourth-order valence-corrected chi connectivity index (χ4v) is 3.23. The lowest BCUT2D eigenvalue weighted by atomic mass is 10.2. The molecule has 0 bridgehead atoms. The van der Waals surface area contributed by atoms with Gasteiger partial charge in [-0.15, -0.1) is 5.54 Å². The zero-order valence-corrected chi connectivity index (χ0v) is 17.9. The van der Waals surface area contributed by atoms with Crippen molar-refractivity contribution in [2.24, 2.45) is 0 Å². The lowest BCUT2D eigenvalue weighted by Crippen LogP contribution is -2.24. The van der Waals surface area contributed by atoms with Crippen molar-refractivity contribution >= 4 is 8.07 Å². The SMILES string of the molecule is C[Si](C)(C)C#Cc1c(OCc2ccccc2)ccn(Cc2cccc(F)c2)c1=O. The second-order valence-corrected chi connectivity index (χ2v) is 12.6. The first-order valence-corrected chi connectivity index (χ1v) is 13.0. The summed E-state index contributed by atoms with van der Waals surface area (Å²) < 4.78 is 21.0. The van der Waals surface area contributed by atoms with E-state index in [0.29, 0.717) is 23.5 Å². The quantitative estimate of drug-likeness (QED) is 0.449. The third kappa shape index (κ3) is 5.93. The van der Waals surface area contributed by atoms with Gasteiger partial charge >= 0.3 is 0 Å². The number of halogens is 1. The fourth-order valence-electron chi connectivity index (χ4n) is 2.73. The Kier molecular flexibility index (Phi) is 6.35. The fraction of sp³-hybridized carbons (Fsp3) is 0.208. The summed E-state index contributed by atoms with van der Waals surface area (Å²) in [6, 6.07) is 17.8. The summed E-state index contributed by atoms with van der Waals surface area (Å²) in [4.78, 5) is 13.1. The Morgan fingerprint density at radius 2 is 1.72 bits per heavy atom. The van der Waals surface area contributed by atoms with E-state index in [4.69, 9.17) is 4.74 Å². The predicted molar refractivity (Wildman–Crippen MR) is 117 cm³/mol. The molecule has 148 valence electrons. The molecule has 3 aromatic rings. The molecule has 0 aliphatic carbocycles. The van der Waals surface area contributed by atoms with Gasteiger partial charge in [-0.3, -0.25) is 4.79 Å². The summed E-state index contributed by atoms with van der Waals surface area (Å²) in [5.74, 6) is 3.22. The molecular formula is C24H24FNO2Si. The van der Waals surface area contributed by atoms with Crippen molar-refractivity contribution in [3.63, 3.8) is 0 Å². The summed E-state index contributed by atoms with van der Waals surface area (Å²) >= 11 is 0. The summed E-state index contributed by atoms with van der Waals surface area (Å²) in [7, 11) is -1.69. The maximum atomic E-state index is 13.5. The first-order chi connectivity index (χ1) is 13.8. The molecular weight excluding hydrogens is 381 g/mol. The number of hydrogen-bond acceptors (Lipinski definition) is 2. The molecule has 0 spiro atoms. The smallest absolute Gasteiger partial charge is 0.270 e.